The lowest BCUT2D eigenvalue weighted by Gasteiger charge is -2.24. The van der Waals surface area contributed by atoms with E-state index in [-0.39, 0.29) is 73.9 Å². The highest BCUT2D eigenvalue weighted by Gasteiger charge is 2.19. The molecule has 556 valence electrons. The third-order valence-corrected chi connectivity index (χ3v) is 16.9. The van der Waals surface area contributed by atoms with Crippen LogP contribution in [0.4, 0.5) is 51.2 Å². The van der Waals surface area contributed by atoms with Crippen LogP contribution in [0.3, 0.4) is 0 Å². The molecule has 0 bridgehead atoms. The van der Waals surface area contributed by atoms with Crippen LogP contribution in [-0.4, -0.2) is 143 Å². The van der Waals surface area contributed by atoms with Crippen molar-refractivity contribution < 1.29 is 57.4 Å². The van der Waals surface area contributed by atoms with Gasteiger partial charge in [0.2, 0.25) is 0 Å². The molecule has 29 nitrogen and oxygen atoms in total. The number of nitro benzene ring substituents is 2. The molecule has 2 aromatic heterocycles. The van der Waals surface area contributed by atoms with E-state index in [1.807, 2.05) is 101 Å². The van der Waals surface area contributed by atoms with E-state index < -0.39 is 33.7 Å². The van der Waals surface area contributed by atoms with E-state index in [1.54, 1.807) is 131 Å². The molecule has 29 heteroatoms. The highest BCUT2D eigenvalue weighted by Crippen LogP contribution is 2.36. The molecule has 0 aliphatic carbocycles. The van der Waals surface area contributed by atoms with Crippen molar-refractivity contribution in [3.05, 3.63) is 303 Å². The van der Waals surface area contributed by atoms with Gasteiger partial charge in [0, 0.05) is 54.7 Å². The summed E-state index contributed by atoms with van der Waals surface area (Å²) < 4.78 is 38.1. The number of aromatic nitrogens is 6. The first-order chi connectivity index (χ1) is 53.3. The molecule has 0 saturated heterocycles. The SMILES string of the molecule is O=C(OCCN(CCOC(=O)c1ccccc1)c1ccc(N=Nc2ccc([N+](=O)[O-])cc2OCCCc2cn(CCN(CCn3cc(CCCOc4cc([N+](=O)[O-])ccc4N=Nc4ccc(N(CCOC(=O)c5ccccc5)CCOC(=O)c5ccccc5)cc4)nn3)c3ccccc3)nn2)cc1)c1ccccc1. The number of hydrogen-bond acceptors (Lipinski definition) is 25. The zero-order valence-electron chi connectivity index (χ0n) is 59.3. The van der Waals surface area contributed by atoms with E-state index in [1.165, 1.54) is 36.4 Å². The van der Waals surface area contributed by atoms with Crippen LogP contribution in [0.2, 0.25) is 0 Å². The van der Waals surface area contributed by atoms with Crippen LogP contribution in [0.1, 0.15) is 65.7 Å². The lowest BCUT2D eigenvalue weighted by atomic mass is 10.2. The van der Waals surface area contributed by atoms with Gasteiger partial charge >= 0.3 is 23.9 Å². The number of nitro groups is 2. The monoisotopic (exact) mass is 1470 g/mol. The van der Waals surface area contributed by atoms with Crippen molar-refractivity contribution in [1.29, 1.82) is 0 Å². The number of azo groups is 2. The largest absolute Gasteiger partial charge is 0.491 e. The van der Waals surface area contributed by atoms with E-state index in [0.29, 0.717) is 112 Å². The van der Waals surface area contributed by atoms with E-state index in [2.05, 4.69) is 46.0 Å². The van der Waals surface area contributed by atoms with Crippen LogP contribution >= 0.6 is 0 Å². The fourth-order valence-corrected chi connectivity index (χ4v) is 11.1. The first-order valence-electron chi connectivity index (χ1n) is 35.2. The first-order valence-corrected chi connectivity index (χ1v) is 35.2. The number of non-ortho nitro benzene ring substituents is 2. The smallest absolute Gasteiger partial charge is 0.338 e. The van der Waals surface area contributed by atoms with Gasteiger partial charge in [-0.05, 0) is 147 Å². The van der Waals surface area contributed by atoms with Crippen LogP contribution in [0.5, 0.6) is 11.5 Å². The summed E-state index contributed by atoms with van der Waals surface area (Å²) in [6.07, 6.45) is 5.78. The minimum absolute atomic E-state index is 0.0607. The Morgan fingerprint density at radius 3 is 1.01 bits per heavy atom. The van der Waals surface area contributed by atoms with Gasteiger partial charge in [0.15, 0.2) is 11.5 Å². The molecule has 0 aliphatic rings. The number of carbonyl (C=O) groups excluding carboxylic acids is 4. The van der Waals surface area contributed by atoms with Crippen molar-refractivity contribution in [3.8, 4) is 11.5 Å². The Morgan fingerprint density at radius 1 is 0.367 bits per heavy atom. The number of esters is 4. The van der Waals surface area contributed by atoms with Gasteiger partial charge in [-0.3, -0.25) is 29.6 Å². The van der Waals surface area contributed by atoms with Gasteiger partial charge in [0.25, 0.3) is 11.4 Å². The summed E-state index contributed by atoms with van der Waals surface area (Å²) in [4.78, 5) is 79.7. The fraction of sp³-hybridized carbons (Fsp3) is 0.225. The van der Waals surface area contributed by atoms with Gasteiger partial charge in [-0.2, -0.15) is 10.2 Å². The molecule has 11 aromatic rings. The quantitative estimate of drug-likeness (QED) is 0.00858. The summed E-state index contributed by atoms with van der Waals surface area (Å²) >= 11 is 0. The Bertz CT molecular complexity index is 4430. The van der Waals surface area contributed by atoms with Gasteiger partial charge < -0.3 is 43.1 Å². The number of para-hydroxylation sites is 1. The molecule has 0 saturated carbocycles. The van der Waals surface area contributed by atoms with Crippen LogP contribution in [0.25, 0.3) is 0 Å². The zero-order valence-corrected chi connectivity index (χ0v) is 59.3. The Morgan fingerprint density at radius 2 is 0.679 bits per heavy atom. The third-order valence-electron chi connectivity index (χ3n) is 16.9. The maximum absolute atomic E-state index is 12.7. The molecule has 2 heterocycles. The maximum atomic E-state index is 12.7. The molecule has 0 fully saturated rings. The zero-order chi connectivity index (χ0) is 75.8. The summed E-state index contributed by atoms with van der Waals surface area (Å²) in [5.74, 6) is -1.49. The molecule has 9 aromatic carbocycles. The lowest BCUT2D eigenvalue weighted by molar-refractivity contribution is -0.385. The number of rotatable bonds is 41. The van der Waals surface area contributed by atoms with Crippen LogP contribution in [-0.2, 0) is 44.9 Å². The average molecular weight is 1470 g/mol. The molecule has 0 radical (unpaired) electrons. The predicted octanol–water partition coefficient (Wildman–Crippen LogP) is 14.8. The second kappa shape index (κ2) is 39.9. The number of anilines is 3. The van der Waals surface area contributed by atoms with Crippen molar-refractivity contribution in [2.24, 2.45) is 20.5 Å². The summed E-state index contributed by atoms with van der Waals surface area (Å²) in [6.45, 7) is 3.98. The number of nitrogens with zero attached hydrogens (tertiary/aromatic N) is 15. The normalized spacial score (nSPS) is 11.1. The van der Waals surface area contributed by atoms with Gasteiger partial charge in [0.1, 0.15) is 37.8 Å². The third kappa shape index (κ3) is 23.6. The van der Waals surface area contributed by atoms with Crippen molar-refractivity contribution in [1.82, 2.24) is 30.0 Å². The van der Waals surface area contributed by atoms with Gasteiger partial charge in [-0.1, -0.05) is 101 Å². The average Bonchev–Trinajstić information content (AvgIpc) is 1.36. The topological polar surface area (TPSA) is 331 Å². The first kappa shape index (κ1) is 76.3. The maximum Gasteiger partial charge on any atom is 0.338 e. The molecular formula is C80H77N15O14. The van der Waals surface area contributed by atoms with E-state index >= 15 is 0 Å². The van der Waals surface area contributed by atoms with E-state index in [0.717, 1.165) is 28.5 Å². The molecule has 11 rings (SSSR count). The van der Waals surface area contributed by atoms with Gasteiger partial charge in [-0.15, -0.1) is 20.4 Å². The summed E-state index contributed by atoms with van der Waals surface area (Å²) in [6, 6.07) is 67.2. The van der Waals surface area contributed by atoms with E-state index in [4.69, 9.17) is 28.4 Å². The van der Waals surface area contributed by atoms with Crippen LogP contribution in [0.15, 0.2) is 269 Å². The highest BCUT2D eigenvalue weighted by molar-refractivity contribution is 5.91. The molecule has 0 aliphatic heterocycles. The van der Waals surface area contributed by atoms with Crippen LogP contribution in [0, 0.1) is 20.2 Å². The molecule has 0 spiro atoms. The van der Waals surface area contributed by atoms with Crippen molar-refractivity contribution in [2.45, 2.75) is 38.8 Å². The molecule has 0 unspecified atom stereocenters. The summed E-state index contributed by atoms with van der Waals surface area (Å²) in [5, 5.41) is 59.1. The number of hydrogen-bond donors (Lipinski definition) is 0. The molecule has 0 amide bonds. The Kier molecular flexibility index (Phi) is 27.9. The minimum Gasteiger partial charge on any atom is -0.491 e. The summed E-state index contributed by atoms with van der Waals surface area (Å²) in [5.41, 5.74) is 6.81. The van der Waals surface area contributed by atoms with Crippen molar-refractivity contribution in [2.75, 3.05) is 93.6 Å². The Balaban J connectivity index is 0.636. The van der Waals surface area contributed by atoms with E-state index in [9.17, 15) is 39.4 Å². The fourth-order valence-electron chi connectivity index (χ4n) is 11.1. The Labute approximate surface area is 626 Å². The number of benzene rings is 9. The predicted molar refractivity (Wildman–Crippen MR) is 405 cm³/mol. The van der Waals surface area contributed by atoms with Gasteiger partial charge in [0.05, 0.1) is 119 Å². The highest BCUT2D eigenvalue weighted by atomic mass is 16.6. The van der Waals surface area contributed by atoms with Crippen molar-refractivity contribution >= 4 is 75.1 Å². The second-order valence-electron chi connectivity index (χ2n) is 24.4. The molecule has 0 N–H and O–H groups in total. The number of carbonyl (C=O) groups is 4. The number of aryl methyl sites for hydroxylation is 2. The lowest BCUT2D eigenvalue weighted by Crippen LogP contribution is -2.32. The van der Waals surface area contributed by atoms with Crippen LogP contribution < -0.4 is 24.2 Å². The van der Waals surface area contributed by atoms with Crippen molar-refractivity contribution in [3.63, 3.8) is 0 Å². The molecule has 109 heavy (non-hydrogen) atoms. The second-order valence-corrected chi connectivity index (χ2v) is 24.4. The number of ether oxygens (including phenoxy) is 6. The Hall–Kier alpha value is -13.9. The minimum atomic E-state index is -0.509. The molecular weight excluding hydrogens is 1390 g/mol. The van der Waals surface area contributed by atoms with Gasteiger partial charge in [-0.25, -0.2) is 19.2 Å². The standard InChI is InChI=1S/C80H77N15O14/c96-77(60-18-6-1-7-19-60)106-52-46-90(47-53-107-78(97)61-20-8-2-9-21-61)69-34-30-64(31-35-69)81-85-73-40-38-71(94(100)101)56-75(73)104-50-16-26-66-58-92(87-83-66)44-42-89(68-28-14-5-15-29-68)43-45-93-59-67(84-88-93)27-17-51-105-76-57-72(95(102)103)39-41-74(76)86-82-65-32-36-70(37-33-65)91(48-54-108-79(98)62-22-10-3-11-23-62)49-55-109-80(99)63-24-12-4-13-25-63/h1-15,18-25,28-41,56-59H,16-17,26-27,42-55H2. The molecule has 0 atom stereocenters. The summed E-state index contributed by atoms with van der Waals surface area (Å²) in [7, 11) is 0.